The molecular weight excluding hydrogens is 342 g/mol. The molecule has 0 radical (unpaired) electrons. The molecule has 1 unspecified atom stereocenters. The third kappa shape index (κ3) is 3.97. The topological polar surface area (TPSA) is 81.4 Å². The van der Waals surface area contributed by atoms with Crippen molar-refractivity contribution in [2.75, 3.05) is 33.7 Å². The number of aromatic nitrogens is 1. The van der Waals surface area contributed by atoms with Gasteiger partial charge in [0.2, 0.25) is 5.91 Å². The molecule has 1 N–H and O–H groups in total. The summed E-state index contributed by atoms with van der Waals surface area (Å²) < 4.78 is 1.39. The second kappa shape index (κ2) is 7.89. The molecular formula is C17H24ClN5O2. The van der Waals surface area contributed by atoms with E-state index in [4.69, 9.17) is 5.26 Å². The van der Waals surface area contributed by atoms with Crippen LogP contribution in [0.2, 0.25) is 0 Å². The summed E-state index contributed by atoms with van der Waals surface area (Å²) in [4.78, 5) is 27.8. The lowest BCUT2D eigenvalue weighted by Crippen LogP contribution is -2.40. The highest BCUT2D eigenvalue weighted by Gasteiger charge is 2.42. The van der Waals surface area contributed by atoms with Crippen LogP contribution in [0.1, 0.15) is 23.3 Å². The molecule has 2 amide bonds. The van der Waals surface area contributed by atoms with Gasteiger partial charge in [0.05, 0.1) is 6.54 Å². The van der Waals surface area contributed by atoms with Crippen molar-refractivity contribution in [3.05, 3.63) is 24.0 Å². The van der Waals surface area contributed by atoms with Crippen LogP contribution in [-0.4, -0.2) is 66.1 Å². The number of nitriles is 1. The van der Waals surface area contributed by atoms with Crippen LogP contribution < -0.4 is 5.32 Å². The van der Waals surface area contributed by atoms with Gasteiger partial charge in [0, 0.05) is 39.4 Å². The molecule has 1 aliphatic heterocycles. The van der Waals surface area contributed by atoms with E-state index in [1.165, 1.54) is 4.57 Å². The zero-order chi connectivity index (χ0) is 17.3. The Bertz CT molecular complexity index is 667. The van der Waals surface area contributed by atoms with Crippen molar-refractivity contribution in [2.45, 2.75) is 18.9 Å². The first-order valence-electron chi connectivity index (χ1n) is 8.30. The molecule has 136 valence electrons. The van der Waals surface area contributed by atoms with E-state index in [1.54, 1.807) is 37.3 Å². The van der Waals surface area contributed by atoms with Crippen LogP contribution in [-0.2, 0) is 0 Å². The summed E-state index contributed by atoms with van der Waals surface area (Å²) in [6.45, 7) is 1.85. The Morgan fingerprint density at radius 2 is 1.96 bits per heavy atom. The number of rotatable bonds is 3. The number of amides is 2. The summed E-state index contributed by atoms with van der Waals surface area (Å²) in [5.74, 6) is 0.920. The molecule has 1 aliphatic carbocycles. The van der Waals surface area contributed by atoms with E-state index in [0.29, 0.717) is 23.6 Å². The van der Waals surface area contributed by atoms with Crippen molar-refractivity contribution in [3.63, 3.8) is 0 Å². The Kier molecular flexibility index (Phi) is 6.09. The first-order valence-corrected chi connectivity index (χ1v) is 8.30. The van der Waals surface area contributed by atoms with Gasteiger partial charge in [-0.1, -0.05) is 0 Å². The van der Waals surface area contributed by atoms with Gasteiger partial charge >= 0.3 is 6.03 Å². The maximum Gasteiger partial charge on any atom is 0.319 e. The molecule has 0 spiro atoms. The number of carbonyl (C=O) groups excluding carboxylic acids is 2. The van der Waals surface area contributed by atoms with Gasteiger partial charge < -0.3 is 15.1 Å². The minimum atomic E-state index is -0.113. The molecule has 1 saturated heterocycles. The molecule has 1 aromatic heterocycles. The fourth-order valence-electron chi connectivity index (χ4n) is 3.91. The molecule has 3 rings (SSSR count). The van der Waals surface area contributed by atoms with Crippen LogP contribution in [0.15, 0.2) is 18.3 Å². The molecule has 0 aromatic carbocycles. The molecule has 1 saturated carbocycles. The fourth-order valence-corrected chi connectivity index (χ4v) is 3.91. The van der Waals surface area contributed by atoms with Crippen molar-refractivity contribution < 1.29 is 9.59 Å². The predicted molar refractivity (Wildman–Crippen MR) is 95.7 cm³/mol. The number of fused-ring (bicyclic) bond motifs is 1. The van der Waals surface area contributed by atoms with E-state index in [9.17, 15) is 9.59 Å². The number of halogens is 1. The molecule has 2 aliphatic rings. The van der Waals surface area contributed by atoms with Crippen molar-refractivity contribution in [1.29, 1.82) is 5.26 Å². The normalized spacial score (nSPS) is 24.4. The number of urea groups is 1. The lowest BCUT2D eigenvalue weighted by atomic mass is 10.0. The number of hydrogen-bond acceptors (Lipinski definition) is 4. The van der Waals surface area contributed by atoms with Gasteiger partial charge in [-0.2, -0.15) is 5.26 Å². The third-order valence-corrected chi connectivity index (χ3v) is 5.08. The quantitative estimate of drug-likeness (QED) is 0.877. The molecule has 1 aromatic rings. The molecule has 25 heavy (non-hydrogen) atoms. The van der Waals surface area contributed by atoms with Gasteiger partial charge in [-0.05, 0) is 36.8 Å². The SMILES string of the molecule is CN(C)C(=O)N1C[C@H]2CC(NCC(=O)n3cccc3C#N)C[C@H]2C1.Cl. The second-order valence-corrected chi connectivity index (χ2v) is 6.92. The maximum atomic E-state index is 12.2. The van der Waals surface area contributed by atoms with Crippen LogP contribution in [0.3, 0.4) is 0 Å². The summed E-state index contributed by atoms with van der Waals surface area (Å²) in [7, 11) is 3.56. The van der Waals surface area contributed by atoms with Crippen LogP contribution in [0.5, 0.6) is 0 Å². The molecule has 8 heteroatoms. The van der Waals surface area contributed by atoms with E-state index >= 15 is 0 Å². The van der Waals surface area contributed by atoms with E-state index in [2.05, 4.69) is 5.32 Å². The van der Waals surface area contributed by atoms with Crippen LogP contribution in [0.4, 0.5) is 4.79 Å². The Balaban J connectivity index is 0.00000225. The Morgan fingerprint density at radius 3 is 2.52 bits per heavy atom. The van der Waals surface area contributed by atoms with E-state index in [0.717, 1.165) is 25.9 Å². The van der Waals surface area contributed by atoms with Gasteiger partial charge in [-0.15, -0.1) is 12.4 Å². The van der Waals surface area contributed by atoms with Gasteiger partial charge in [0.1, 0.15) is 11.8 Å². The number of nitrogens with zero attached hydrogens (tertiary/aromatic N) is 4. The average molecular weight is 366 g/mol. The lowest BCUT2D eigenvalue weighted by molar-refractivity contribution is 0.0907. The minimum Gasteiger partial charge on any atom is -0.331 e. The summed E-state index contributed by atoms with van der Waals surface area (Å²) in [6, 6.07) is 5.74. The average Bonchev–Trinajstić information content (AvgIpc) is 3.25. The largest absolute Gasteiger partial charge is 0.331 e. The first-order chi connectivity index (χ1) is 11.5. The van der Waals surface area contributed by atoms with Crippen molar-refractivity contribution >= 4 is 24.3 Å². The van der Waals surface area contributed by atoms with Crippen LogP contribution in [0.25, 0.3) is 0 Å². The summed E-state index contributed by atoms with van der Waals surface area (Å²) in [5, 5.41) is 12.3. The van der Waals surface area contributed by atoms with E-state index < -0.39 is 0 Å². The highest BCUT2D eigenvalue weighted by Crippen LogP contribution is 2.38. The zero-order valence-electron chi connectivity index (χ0n) is 14.5. The smallest absolute Gasteiger partial charge is 0.319 e. The molecule has 3 atom stereocenters. The standard InChI is InChI=1S/C17H23N5O2.ClH/c1-20(2)17(24)21-10-12-6-14(7-13(12)11-21)19-9-16(23)22-5-3-4-15(22)8-18;/h3-5,12-14,19H,6-7,9-11H2,1-2H3;1H/t12-,13+,14?;. The van der Waals surface area contributed by atoms with Crippen molar-refractivity contribution in [2.24, 2.45) is 11.8 Å². The van der Waals surface area contributed by atoms with Gasteiger partial charge in [0.15, 0.2) is 0 Å². The lowest BCUT2D eigenvalue weighted by Gasteiger charge is -2.23. The number of hydrogen-bond donors (Lipinski definition) is 1. The molecule has 7 nitrogen and oxygen atoms in total. The number of likely N-dealkylation sites (tertiary alicyclic amines) is 1. The number of carbonyl (C=O) groups is 2. The van der Waals surface area contributed by atoms with Gasteiger partial charge in [-0.3, -0.25) is 9.36 Å². The van der Waals surface area contributed by atoms with Crippen molar-refractivity contribution in [3.8, 4) is 6.07 Å². The maximum absolute atomic E-state index is 12.2. The summed E-state index contributed by atoms with van der Waals surface area (Å²) >= 11 is 0. The van der Waals surface area contributed by atoms with Gasteiger partial charge in [0.25, 0.3) is 0 Å². The van der Waals surface area contributed by atoms with Gasteiger partial charge in [-0.25, -0.2) is 4.79 Å². The predicted octanol–water partition coefficient (Wildman–Crippen LogP) is 1.40. The molecule has 0 bridgehead atoms. The Morgan fingerprint density at radius 1 is 1.32 bits per heavy atom. The fraction of sp³-hybridized carbons (Fsp3) is 0.588. The van der Waals surface area contributed by atoms with Crippen LogP contribution >= 0.6 is 12.4 Å². The van der Waals surface area contributed by atoms with E-state index in [-0.39, 0.29) is 30.9 Å². The highest BCUT2D eigenvalue weighted by molar-refractivity contribution is 5.85. The first kappa shape index (κ1) is 19.3. The van der Waals surface area contributed by atoms with Crippen molar-refractivity contribution in [1.82, 2.24) is 19.7 Å². The summed E-state index contributed by atoms with van der Waals surface area (Å²) in [6.07, 6.45) is 3.61. The second-order valence-electron chi connectivity index (χ2n) is 6.92. The molecule has 2 heterocycles. The Labute approximate surface area is 154 Å². The summed E-state index contributed by atoms with van der Waals surface area (Å²) in [5.41, 5.74) is 0.364. The zero-order valence-corrected chi connectivity index (χ0v) is 15.3. The third-order valence-electron chi connectivity index (χ3n) is 5.08. The molecule has 2 fully saturated rings. The minimum absolute atomic E-state index is 0. The Hall–Kier alpha value is -2.04. The highest BCUT2D eigenvalue weighted by atomic mass is 35.5. The monoisotopic (exact) mass is 365 g/mol. The number of nitrogens with one attached hydrogen (secondary N) is 1. The van der Waals surface area contributed by atoms with E-state index in [1.807, 2.05) is 11.0 Å². The van der Waals surface area contributed by atoms with Crippen LogP contribution in [0, 0.1) is 23.2 Å².